The number of carbonyl (C=O) groups is 2. The van der Waals surface area contributed by atoms with Crippen LogP contribution in [0.5, 0.6) is 0 Å². The Morgan fingerprint density at radius 2 is 1.20 bits per heavy atom. The second-order valence-electron chi connectivity index (χ2n) is 6.58. The zero-order valence-electron chi connectivity index (χ0n) is 17.6. The molecule has 0 saturated carbocycles. The highest BCUT2D eigenvalue weighted by atomic mass is 16.5. The van der Waals surface area contributed by atoms with Crippen LogP contribution in [0.2, 0.25) is 0 Å². The molecule has 0 saturated heterocycles. The van der Waals surface area contributed by atoms with Gasteiger partial charge in [0, 0.05) is 14.1 Å². The van der Waals surface area contributed by atoms with E-state index in [0.717, 1.165) is 0 Å². The fourth-order valence-corrected chi connectivity index (χ4v) is 2.11. The van der Waals surface area contributed by atoms with Crippen LogP contribution in [0.15, 0.2) is 10.4 Å². The van der Waals surface area contributed by atoms with Crippen molar-refractivity contribution in [3.63, 3.8) is 0 Å². The lowest BCUT2D eigenvalue weighted by Gasteiger charge is -2.14. The van der Waals surface area contributed by atoms with E-state index in [1.807, 2.05) is 0 Å². The molecule has 2 aromatic rings. The van der Waals surface area contributed by atoms with Crippen molar-refractivity contribution in [3.8, 4) is 0 Å². The highest BCUT2D eigenvalue weighted by molar-refractivity contribution is 5.70. The second kappa shape index (κ2) is 10.2. The van der Waals surface area contributed by atoms with E-state index in [1.54, 1.807) is 27.7 Å². The minimum absolute atomic E-state index is 0.160. The number of aromatic nitrogens is 8. The van der Waals surface area contributed by atoms with Crippen LogP contribution in [0, 0.1) is 0 Å². The number of rotatable bonds is 10. The molecule has 2 heterocycles. The smallest absolute Gasteiger partial charge is 0.328 e. The van der Waals surface area contributed by atoms with E-state index in [-0.39, 0.29) is 37.2 Å². The van der Waals surface area contributed by atoms with Gasteiger partial charge in [-0.2, -0.15) is 9.36 Å². The number of esters is 2. The Morgan fingerprint density at radius 1 is 0.833 bits per heavy atom. The number of anilines is 2. The van der Waals surface area contributed by atoms with E-state index >= 15 is 0 Å². The maximum absolute atomic E-state index is 11.8. The van der Waals surface area contributed by atoms with E-state index in [2.05, 4.69) is 41.5 Å². The Hall–Kier alpha value is -3.72. The van der Waals surface area contributed by atoms with Gasteiger partial charge in [0.25, 0.3) is 11.9 Å². The number of tetrazole rings is 2. The lowest BCUT2D eigenvalue weighted by molar-refractivity contribution is -0.149. The minimum atomic E-state index is -0.492. The van der Waals surface area contributed by atoms with E-state index in [9.17, 15) is 9.59 Å². The standard InChI is InChI=1S/C14H24N12O4/c1-9(2)29-11(27)7-25-13(15-17-19-25)23(5)21-22-24(6)14-16-18-20-26(14)8-12(28)30-10(3)4/h9-10H,7-8H2,1-6H3/b22-21+. The summed E-state index contributed by atoms with van der Waals surface area (Å²) >= 11 is 0. The molecule has 2 rings (SSSR count). The molecule has 0 N–H and O–H groups in total. The average Bonchev–Trinajstić information content (AvgIpc) is 3.27. The molecule has 0 atom stereocenters. The highest BCUT2D eigenvalue weighted by Crippen LogP contribution is 2.11. The fourth-order valence-electron chi connectivity index (χ4n) is 2.11. The Kier molecular flexibility index (Phi) is 7.65. The van der Waals surface area contributed by atoms with Crippen molar-refractivity contribution in [1.29, 1.82) is 0 Å². The first-order chi connectivity index (χ1) is 14.2. The summed E-state index contributed by atoms with van der Waals surface area (Å²) in [5, 5.41) is 32.6. The number of carbonyl (C=O) groups excluding carboxylic acids is 2. The van der Waals surface area contributed by atoms with Crippen molar-refractivity contribution in [2.45, 2.75) is 53.0 Å². The molecule has 0 spiro atoms. The van der Waals surface area contributed by atoms with Gasteiger partial charge in [-0.15, -0.1) is 0 Å². The van der Waals surface area contributed by atoms with Crippen LogP contribution in [0.4, 0.5) is 11.9 Å². The molecule has 0 aliphatic carbocycles. The molecule has 0 aromatic carbocycles. The Morgan fingerprint density at radius 3 is 1.53 bits per heavy atom. The third kappa shape index (κ3) is 6.42. The molecule has 0 unspecified atom stereocenters. The van der Waals surface area contributed by atoms with Crippen LogP contribution in [-0.2, 0) is 32.2 Å². The summed E-state index contributed by atoms with van der Waals surface area (Å²) in [5.41, 5.74) is 0. The summed E-state index contributed by atoms with van der Waals surface area (Å²) in [6.45, 7) is 6.59. The van der Waals surface area contributed by atoms with Crippen LogP contribution in [-0.4, -0.2) is 78.7 Å². The molecule has 164 valence electrons. The molecular weight excluding hydrogens is 400 g/mol. The summed E-state index contributed by atoms with van der Waals surface area (Å²) in [5.74, 6) is -0.664. The van der Waals surface area contributed by atoms with Gasteiger partial charge in [-0.25, -0.2) is 10.0 Å². The second-order valence-corrected chi connectivity index (χ2v) is 6.58. The van der Waals surface area contributed by atoms with Gasteiger partial charge in [0.1, 0.15) is 13.1 Å². The quantitative estimate of drug-likeness (QED) is 0.270. The summed E-state index contributed by atoms with van der Waals surface area (Å²) in [4.78, 5) is 23.7. The normalized spacial score (nSPS) is 11.3. The number of hydrogen-bond donors (Lipinski definition) is 0. The topological polar surface area (TPSA) is 171 Å². The third-order valence-electron chi connectivity index (χ3n) is 3.21. The monoisotopic (exact) mass is 424 g/mol. The van der Waals surface area contributed by atoms with Crippen molar-refractivity contribution in [3.05, 3.63) is 0 Å². The fraction of sp³-hybridized carbons (Fsp3) is 0.714. The Balaban J connectivity index is 2.03. The molecular formula is C14H24N12O4. The number of nitrogens with zero attached hydrogens (tertiary/aromatic N) is 12. The molecule has 0 radical (unpaired) electrons. The number of ether oxygens (including phenoxy) is 2. The SMILES string of the molecule is CC(C)OC(=O)Cn1nnnc1N(C)/N=N/N(C)c1nnnn1CC(=O)OC(C)C. The van der Waals surface area contributed by atoms with Gasteiger partial charge in [-0.3, -0.25) is 9.59 Å². The van der Waals surface area contributed by atoms with Crippen molar-refractivity contribution in [1.82, 2.24) is 40.4 Å². The third-order valence-corrected chi connectivity index (χ3v) is 3.21. The van der Waals surface area contributed by atoms with Gasteiger partial charge in [0.2, 0.25) is 0 Å². The lowest BCUT2D eigenvalue weighted by Crippen LogP contribution is -2.24. The molecule has 0 bridgehead atoms. The highest BCUT2D eigenvalue weighted by Gasteiger charge is 2.18. The molecule has 0 aliphatic heterocycles. The van der Waals surface area contributed by atoms with E-state index in [1.165, 1.54) is 33.5 Å². The lowest BCUT2D eigenvalue weighted by atomic mass is 10.5. The predicted octanol–water partition coefficient (Wildman–Crippen LogP) is -0.582. The summed E-state index contributed by atoms with van der Waals surface area (Å²) in [6, 6.07) is 0. The maximum Gasteiger partial charge on any atom is 0.328 e. The van der Waals surface area contributed by atoms with Crippen LogP contribution in [0.3, 0.4) is 0 Å². The predicted molar refractivity (Wildman–Crippen MR) is 99.8 cm³/mol. The Labute approximate surface area is 171 Å². The van der Waals surface area contributed by atoms with Crippen molar-refractivity contribution < 1.29 is 19.1 Å². The van der Waals surface area contributed by atoms with Crippen LogP contribution >= 0.6 is 0 Å². The summed E-state index contributed by atoms with van der Waals surface area (Å²) < 4.78 is 12.6. The van der Waals surface area contributed by atoms with E-state index < -0.39 is 11.9 Å². The average molecular weight is 424 g/mol. The van der Waals surface area contributed by atoms with Gasteiger partial charge >= 0.3 is 11.9 Å². The van der Waals surface area contributed by atoms with Gasteiger partial charge < -0.3 is 9.47 Å². The van der Waals surface area contributed by atoms with Crippen molar-refractivity contribution >= 4 is 23.8 Å². The number of hydrogen-bond acceptors (Lipinski definition) is 12. The first-order valence-electron chi connectivity index (χ1n) is 8.97. The summed E-state index contributed by atoms with van der Waals surface area (Å²) in [6.07, 6.45) is -0.514. The Bertz CT molecular complexity index is 806. The first-order valence-corrected chi connectivity index (χ1v) is 8.97. The van der Waals surface area contributed by atoms with Crippen LogP contribution in [0.25, 0.3) is 0 Å². The van der Waals surface area contributed by atoms with Gasteiger partial charge in [-0.1, -0.05) is 10.2 Å². The zero-order valence-corrected chi connectivity index (χ0v) is 17.6. The molecule has 0 fully saturated rings. The maximum atomic E-state index is 11.8. The van der Waals surface area contributed by atoms with Gasteiger partial charge in [-0.05, 0) is 59.0 Å². The van der Waals surface area contributed by atoms with Crippen molar-refractivity contribution in [2.24, 2.45) is 10.4 Å². The molecule has 2 aromatic heterocycles. The van der Waals surface area contributed by atoms with Crippen molar-refractivity contribution in [2.75, 3.05) is 24.1 Å². The molecule has 16 nitrogen and oxygen atoms in total. The first kappa shape index (κ1) is 22.6. The molecule has 0 amide bonds. The molecule has 16 heteroatoms. The van der Waals surface area contributed by atoms with Gasteiger partial charge in [0.05, 0.1) is 12.2 Å². The summed E-state index contributed by atoms with van der Waals surface area (Å²) in [7, 11) is 3.08. The molecule has 30 heavy (non-hydrogen) atoms. The minimum Gasteiger partial charge on any atom is -0.462 e. The van der Waals surface area contributed by atoms with Gasteiger partial charge in [0.15, 0.2) is 0 Å². The van der Waals surface area contributed by atoms with Crippen LogP contribution < -0.4 is 10.0 Å². The van der Waals surface area contributed by atoms with Crippen LogP contribution in [0.1, 0.15) is 27.7 Å². The largest absolute Gasteiger partial charge is 0.462 e. The molecule has 0 aliphatic rings. The zero-order chi connectivity index (χ0) is 22.3. The van der Waals surface area contributed by atoms with E-state index in [4.69, 9.17) is 9.47 Å². The van der Waals surface area contributed by atoms with E-state index in [0.29, 0.717) is 0 Å².